The Morgan fingerprint density at radius 2 is 2.00 bits per heavy atom. The van der Waals surface area contributed by atoms with Crippen molar-refractivity contribution in [1.29, 1.82) is 0 Å². The van der Waals surface area contributed by atoms with Crippen molar-refractivity contribution in [3.8, 4) is 0 Å². The molecule has 0 aromatic rings. The first-order valence-corrected chi connectivity index (χ1v) is 6.05. The van der Waals surface area contributed by atoms with E-state index in [0.29, 0.717) is 11.2 Å². The highest BCUT2D eigenvalue weighted by molar-refractivity contribution is 8.00. The summed E-state index contributed by atoms with van der Waals surface area (Å²) < 4.78 is 0. The Kier molecular flexibility index (Phi) is 2.66. The topological polar surface area (TPSA) is 20.2 Å². The zero-order chi connectivity index (χ0) is 8.55. The molecular formula is C10H18OS. The van der Waals surface area contributed by atoms with Crippen molar-refractivity contribution in [3.05, 3.63) is 0 Å². The SMILES string of the molecule is CC1CC(O)C2CCCCC2S1. The Morgan fingerprint density at radius 3 is 2.83 bits per heavy atom. The lowest BCUT2D eigenvalue weighted by molar-refractivity contribution is 0.0753. The molecule has 0 aromatic heterocycles. The maximum Gasteiger partial charge on any atom is 0.0589 e. The number of fused-ring (bicyclic) bond motifs is 1. The molecule has 1 heterocycles. The molecule has 0 spiro atoms. The quantitative estimate of drug-likeness (QED) is 0.627. The third-order valence-electron chi connectivity index (χ3n) is 3.23. The molecule has 1 saturated heterocycles. The second-order valence-corrected chi connectivity index (χ2v) is 5.92. The van der Waals surface area contributed by atoms with Gasteiger partial charge in [-0.25, -0.2) is 0 Å². The average Bonchev–Trinajstić information content (AvgIpc) is 2.04. The minimum Gasteiger partial charge on any atom is -0.393 e. The molecule has 70 valence electrons. The van der Waals surface area contributed by atoms with Gasteiger partial charge < -0.3 is 5.11 Å². The van der Waals surface area contributed by atoms with Crippen molar-refractivity contribution < 1.29 is 5.11 Å². The molecule has 4 unspecified atom stereocenters. The lowest BCUT2D eigenvalue weighted by Crippen LogP contribution is -2.39. The Bertz CT molecular complexity index is 160. The molecule has 2 heteroatoms. The van der Waals surface area contributed by atoms with Crippen LogP contribution >= 0.6 is 11.8 Å². The molecular weight excluding hydrogens is 168 g/mol. The molecule has 0 radical (unpaired) electrons. The smallest absolute Gasteiger partial charge is 0.0589 e. The molecule has 1 aliphatic heterocycles. The van der Waals surface area contributed by atoms with Crippen LogP contribution in [-0.2, 0) is 0 Å². The molecule has 1 aliphatic carbocycles. The molecule has 0 aromatic carbocycles. The summed E-state index contributed by atoms with van der Waals surface area (Å²) in [5.41, 5.74) is 0. The van der Waals surface area contributed by atoms with Gasteiger partial charge in [0.25, 0.3) is 0 Å². The van der Waals surface area contributed by atoms with Crippen LogP contribution in [0.15, 0.2) is 0 Å². The first-order valence-electron chi connectivity index (χ1n) is 5.11. The summed E-state index contributed by atoms with van der Waals surface area (Å²) in [4.78, 5) is 0. The van der Waals surface area contributed by atoms with Gasteiger partial charge in [0, 0.05) is 10.5 Å². The number of aliphatic hydroxyl groups excluding tert-OH is 1. The molecule has 4 atom stereocenters. The lowest BCUT2D eigenvalue weighted by Gasteiger charge is -2.41. The van der Waals surface area contributed by atoms with E-state index in [1.54, 1.807) is 0 Å². The summed E-state index contributed by atoms with van der Waals surface area (Å²) in [6, 6.07) is 0. The maximum atomic E-state index is 9.86. The molecule has 1 N–H and O–H groups in total. The fourth-order valence-electron chi connectivity index (χ4n) is 2.60. The van der Waals surface area contributed by atoms with E-state index in [9.17, 15) is 5.11 Å². The minimum absolute atomic E-state index is 0.00606. The highest BCUT2D eigenvalue weighted by Crippen LogP contribution is 2.43. The van der Waals surface area contributed by atoms with Crippen LogP contribution in [-0.4, -0.2) is 21.7 Å². The molecule has 2 fully saturated rings. The molecule has 1 nitrogen and oxygen atoms in total. The summed E-state index contributed by atoms with van der Waals surface area (Å²) in [6.45, 7) is 2.25. The fraction of sp³-hybridized carbons (Fsp3) is 1.00. The Labute approximate surface area is 78.9 Å². The van der Waals surface area contributed by atoms with Gasteiger partial charge >= 0.3 is 0 Å². The lowest BCUT2D eigenvalue weighted by atomic mass is 9.83. The van der Waals surface area contributed by atoms with Crippen LogP contribution in [0, 0.1) is 5.92 Å². The zero-order valence-corrected chi connectivity index (χ0v) is 8.52. The van der Waals surface area contributed by atoms with Crippen molar-refractivity contribution in [2.45, 2.75) is 55.6 Å². The normalized spacial score (nSPS) is 48.5. The minimum atomic E-state index is 0.00606. The summed E-state index contributed by atoms with van der Waals surface area (Å²) in [7, 11) is 0. The Hall–Kier alpha value is 0.310. The highest BCUT2D eigenvalue weighted by Gasteiger charge is 2.36. The summed E-state index contributed by atoms with van der Waals surface area (Å²) >= 11 is 2.11. The van der Waals surface area contributed by atoms with E-state index in [2.05, 4.69) is 18.7 Å². The predicted octanol–water partition coefficient (Wildman–Crippen LogP) is 2.43. The summed E-state index contributed by atoms with van der Waals surface area (Å²) in [5, 5.41) is 11.3. The van der Waals surface area contributed by atoms with E-state index in [0.717, 1.165) is 11.7 Å². The molecule has 0 amide bonds. The number of rotatable bonds is 0. The van der Waals surface area contributed by atoms with Gasteiger partial charge in [-0.3, -0.25) is 0 Å². The number of hydrogen-bond donors (Lipinski definition) is 1. The van der Waals surface area contributed by atoms with Crippen molar-refractivity contribution in [2.75, 3.05) is 0 Å². The van der Waals surface area contributed by atoms with Crippen molar-refractivity contribution in [3.63, 3.8) is 0 Å². The second-order valence-electron chi connectivity index (χ2n) is 4.24. The number of aliphatic hydroxyl groups is 1. The largest absolute Gasteiger partial charge is 0.393 e. The van der Waals surface area contributed by atoms with Crippen LogP contribution in [0.2, 0.25) is 0 Å². The van der Waals surface area contributed by atoms with E-state index in [-0.39, 0.29) is 6.10 Å². The number of thioether (sulfide) groups is 1. The van der Waals surface area contributed by atoms with E-state index in [1.165, 1.54) is 25.7 Å². The maximum absolute atomic E-state index is 9.86. The van der Waals surface area contributed by atoms with Crippen LogP contribution in [0.1, 0.15) is 39.0 Å². The first-order chi connectivity index (χ1) is 5.77. The second kappa shape index (κ2) is 3.59. The van der Waals surface area contributed by atoms with Gasteiger partial charge in [-0.15, -0.1) is 0 Å². The van der Waals surface area contributed by atoms with Gasteiger partial charge in [0.15, 0.2) is 0 Å². The van der Waals surface area contributed by atoms with Gasteiger partial charge in [0.2, 0.25) is 0 Å². The van der Waals surface area contributed by atoms with Gasteiger partial charge in [-0.05, 0) is 25.2 Å². The van der Waals surface area contributed by atoms with Crippen molar-refractivity contribution >= 4 is 11.8 Å². The van der Waals surface area contributed by atoms with Crippen LogP contribution in [0.25, 0.3) is 0 Å². The van der Waals surface area contributed by atoms with Crippen molar-refractivity contribution in [1.82, 2.24) is 0 Å². The zero-order valence-electron chi connectivity index (χ0n) is 7.70. The fourth-order valence-corrected chi connectivity index (χ4v) is 4.33. The van der Waals surface area contributed by atoms with Gasteiger partial charge in [-0.1, -0.05) is 19.8 Å². The van der Waals surface area contributed by atoms with Crippen LogP contribution < -0.4 is 0 Å². The van der Waals surface area contributed by atoms with Gasteiger partial charge in [0.1, 0.15) is 0 Å². The van der Waals surface area contributed by atoms with E-state index < -0.39 is 0 Å². The molecule has 2 rings (SSSR count). The third-order valence-corrected chi connectivity index (χ3v) is 4.82. The monoisotopic (exact) mass is 186 g/mol. The average molecular weight is 186 g/mol. The van der Waals surface area contributed by atoms with Crippen molar-refractivity contribution in [2.24, 2.45) is 5.92 Å². The van der Waals surface area contributed by atoms with Crippen LogP contribution in [0.4, 0.5) is 0 Å². The first kappa shape index (κ1) is 8.89. The van der Waals surface area contributed by atoms with Crippen LogP contribution in [0.3, 0.4) is 0 Å². The van der Waals surface area contributed by atoms with E-state index in [4.69, 9.17) is 0 Å². The number of hydrogen-bond acceptors (Lipinski definition) is 2. The highest BCUT2D eigenvalue weighted by atomic mass is 32.2. The predicted molar refractivity (Wildman–Crippen MR) is 53.4 cm³/mol. The van der Waals surface area contributed by atoms with E-state index >= 15 is 0 Å². The third kappa shape index (κ3) is 1.64. The van der Waals surface area contributed by atoms with Crippen LogP contribution in [0.5, 0.6) is 0 Å². The molecule has 1 saturated carbocycles. The summed E-state index contributed by atoms with van der Waals surface area (Å²) in [6.07, 6.45) is 6.36. The van der Waals surface area contributed by atoms with Gasteiger partial charge in [-0.2, -0.15) is 11.8 Å². The molecule has 2 aliphatic rings. The van der Waals surface area contributed by atoms with Gasteiger partial charge in [0.05, 0.1) is 6.10 Å². The Balaban J connectivity index is 2.01. The Morgan fingerprint density at radius 1 is 1.25 bits per heavy atom. The molecule has 0 bridgehead atoms. The molecule has 12 heavy (non-hydrogen) atoms. The summed E-state index contributed by atoms with van der Waals surface area (Å²) in [5.74, 6) is 0.625. The van der Waals surface area contributed by atoms with E-state index in [1.807, 2.05) is 0 Å². The standard InChI is InChI=1S/C10H18OS/c1-7-6-9(11)8-4-2-3-5-10(8)12-7/h7-11H,2-6H2,1H3.